The molecule has 0 saturated heterocycles. The molecule has 0 saturated carbocycles. The Morgan fingerprint density at radius 2 is 1.02 bits per heavy atom. The third-order valence-corrected chi connectivity index (χ3v) is 9.28. The smallest absolute Gasteiger partial charge is 0.143 e. The molecule has 0 bridgehead atoms. The van der Waals surface area contributed by atoms with E-state index < -0.39 is 0 Å². The van der Waals surface area contributed by atoms with Gasteiger partial charge in [0.2, 0.25) is 0 Å². The molecule has 0 aliphatic carbocycles. The molecule has 0 N–H and O–H groups in total. The molecule has 2 heterocycles. The normalized spacial score (nSPS) is 12.4. The maximum absolute atomic E-state index is 6.37. The zero-order chi connectivity index (χ0) is 31.5. The van der Waals surface area contributed by atoms with Crippen molar-refractivity contribution < 1.29 is 4.42 Å². The number of anilines is 6. The van der Waals surface area contributed by atoms with Crippen molar-refractivity contribution in [2.75, 3.05) is 9.80 Å². The fourth-order valence-electron chi connectivity index (χ4n) is 7.04. The van der Waals surface area contributed by atoms with Gasteiger partial charge in [0.25, 0.3) is 0 Å². The molecular formula is C44H32N2O. The Kier molecular flexibility index (Phi) is 6.26. The van der Waals surface area contributed by atoms with Crippen LogP contribution < -0.4 is 9.80 Å². The first-order chi connectivity index (χ1) is 23.1. The lowest BCUT2D eigenvalue weighted by atomic mass is 9.99. The summed E-state index contributed by atoms with van der Waals surface area (Å²) in [5, 5.41) is 2.29. The number of hydrogen-bond donors (Lipinski definition) is 0. The van der Waals surface area contributed by atoms with Gasteiger partial charge in [0.1, 0.15) is 11.2 Å². The van der Waals surface area contributed by atoms with E-state index in [-0.39, 0.29) is 0 Å². The predicted octanol–water partition coefficient (Wildman–Crippen LogP) is 12.8. The van der Waals surface area contributed by atoms with Gasteiger partial charge in [0, 0.05) is 27.7 Å². The number of nitrogens with zero attached hydrogens (tertiary/aromatic N) is 2. The van der Waals surface area contributed by atoms with Gasteiger partial charge in [-0.25, -0.2) is 0 Å². The standard InChI is InChI=1S/C44H32N2O/c1-29-18-24-39-41(26-29)46(35-13-8-12-33(28-35)31-10-4-3-5-11-31)42-27-30(2)19-25-40(42)45(39)34-22-20-32(21-23-34)36-15-9-16-38-37-14-6-7-17-43(37)47-44(36)38/h3-28H,1-2H3. The van der Waals surface area contributed by atoms with Gasteiger partial charge in [-0.15, -0.1) is 0 Å². The number of fused-ring (bicyclic) bond motifs is 5. The number of benzene rings is 7. The fraction of sp³-hybridized carbons (Fsp3) is 0.0455. The number of hydrogen-bond acceptors (Lipinski definition) is 3. The van der Waals surface area contributed by atoms with Crippen LogP contribution in [-0.4, -0.2) is 0 Å². The highest BCUT2D eigenvalue weighted by molar-refractivity contribution is 6.09. The van der Waals surface area contributed by atoms with Crippen molar-refractivity contribution >= 4 is 56.1 Å². The molecule has 0 spiro atoms. The summed E-state index contributed by atoms with van der Waals surface area (Å²) < 4.78 is 6.37. The Morgan fingerprint density at radius 3 is 1.77 bits per heavy atom. The quantitative estimate of drug-likeness (QED) is 0.199. The number of aryl methyl sites for hydroxylation is 2. The second kappa shape index (κ2) is 10.8. The lowest BCUT2D eigenvalue weighted by Crippen LogP contribution is -2.24. The Balaban J connectivity index is 1.18. The van der Waals surface area contributed by atoms with Crippen LogP contribution in [0.4, 0.5) is 34.1 Å². The molecule has 9 rings (SSSR count). The van der Waals surface area contributed by atoms with Gasteiger partial charge in [-0.3, -0.25) is 0 Å². The molecule has 7 aromatic carbocycles. The van der Waals surface area contributed by atoms with Crippen LogP contribution in [0, 0.1) is 13.8 Å². The van der Waals surface area contributed by atoms with Gasteiger partial charge in [0.15, 0.2) is 0 Å². The summed E-state index contributed by atoms with van der Waals surface area (Å²) in [6, 6.07) is 56.6. The Labute approximate surface area is 274 Å². The average Bonchev–Trinajstić information content (AvgIpc) is 3.50. The molecule has 1 aliphatic rings. The van der Waals surface area contributed by atoms with Crippen LogP contribution in [0.3, 0.4) is 0 Å². The minimum absolute atomic E-state index is 0.914. The van der Waals surface area contributed by atoms with Crippen LogP contribution in [0.5, 0.6) is 0 Å². The SMILES string of the molecule is Cc1ccc2c(c1)N(c1cccc(-c3ccccc3)c1)c1cc(C)ccc1N2c1ccc(-c2cccc3c2oc2ccccc23)cc1. The number of furan rings is 1. The van der Waals surface area contributed by atoms with Crippen LogP contribution in [0.2, 0.25) is 0 Å². The minimum atomic E-state index is 0.914. The summed E-state index contributed by atoms with van der Waals surface area (Å²) in [5.41, 5.74) is 15.8. The van der Waals surface area contributed by atoms with Crippen molar-refractivity contribution in [3.8, 4) is 22.3 Å². The van der Waals surface area contributed by atoms with Crippen molar-refractivity contribution in [3.63, 3.8) is 0 Å². The average molecular weight is 605 g/mol. The van der Waals surface area contributed by atoms with E-state index in [9.17, 15) is 0 Å². The first-order valence-electron chi connectivity index (χ1n) is 16.1. The van der Waals surface area contributed by atoms with Crippen LogP contribution in [0.15, 0.2) is 162 Å². The fourth-order valence-corrected chi connectivity index (χ4v) is 7.04. The molecule has 0 radical (unpaired) electrons. The summed E-state index contributed by atoms with van der Waals surface area (Å²) in [6.07, 6.45) is 0. The van der Waals surface area contributed by atoms with E-state index in [4.69, 9.17) is 4.42 Å². The third kappa shape index (κ3) is 4.51. The number of rotatable bonds is 4. The van der Waals surface area contributed by atoms with E-state index in [1.807, 2.05) is 12.1 Å². The van der Waals surface area contributed by atoms with Crippen molar-refractivity contribution in [2.45, 2.75) is 13.8 Å². The van der Waals surface area contributed by atoms with Crippen molar-refractivity contribution in [3.05, 3.63) is 169 Å². The molecule has 0 atom stereocenters. The highest BCUT2D eigenvalue weighted by Crippen LogP contribution is 2.55. The first kappa shape index (κ1) is 27.3. The summed E-state index contributed by atoms with van der Waals surface area (Å²) >= 11 is 0. The molecule has 1 aliphatic heterocycles. The molecule has 3 heteroatoms. The first-order valence-corrected chi connectivity index (χ1v) is 16.1. The highest BCUT2D eigenvalue weighted by Gasteiger charge is 2.31. The molecule has 0 amide bonds. The van der Waals surface area contributed by atoms with Gasteiger partial charge in [0.05, 0.1) is 22.7 Å². The monoisotopic (exact) mass is 604 g/mol. The zero-order valence-electron chi connectivity index (χ0n) is 26.3. The summed E-state index contributed by atoms with van der Waals surface area (Å²) in [6.45, 7) is 4.34. The highest BCUT2D eigenvalue weighted by atomic mass is 16.3. The molecule has 0 fully saturated rings. The van der Waals surface area contributed by atoms with E-state index in [2.05, 4.69) is 169 Å². The topological polar surface area (TPSA) is 19.6 Å². The Morgan fingerprint density at radius 1 is 0.404 bits per heavy atom. The van der Waals surface area contributed by atoms with Gasteiger partial charge < -0.3 is 14.2 Å². The van der Waals surface area contributed by atoms with E-state index in [0.29, 0.717) is 0 Å². The van der Waals surface area contributed by atoms with Crippen molar-refractivity contribution in [1.82, 2.24) is 0 Å². The number of para-hydroxylation sites is 2. The lowest BCUT2D eigenvalue weighted by Gasteiger charge is -2.41. The van der Waals surface area contributed by atoms with Crippen LogP contribution in [-0.2, 0) is 0 Å². The second-order valence-corrected chi connectivity index (χ2v) is 12.4. The van der Waals surface area contributed by atoms with Crippen LogP contribution in [0.25, 0.3) is 44.2 Å². The molecule has 3 nitrogen and oxygen atoms in total. The second-order valence-electron chi connectivity index (χ2n) is 12.4. The molecule has 1 aromatic heterocycles. The van der Waals surface area contributed by atoms with E-state index >= 15 is 0 Å². The minimum Gasteiger partial charge on any atom is -0.455 e. The summed E-state index contributed by atoms with van der Waals surface area (Å²) in [5.74, 6) is 0. The van der Waals surface area contributed by atoms with Gasteiger partial charge in [-0.05, 0) is 96.3 Å². The molecule has 224 valence electrons. The molecule has 0 unspecified atom stereocenters. The molecular weight excluding hydrogens is 572 g/mol. The predicted molar refractivity (Wildman–Crippen MR) is 197 cm³/mol. The van der Waals surface area contributed by atoms with Crippen LogP contribution in [0.1, 0.15) is 11.1 Å². The van der Waals surface area contributed by atoms with Crippen molar-refractivity contribution in [1.29, 1.82) is 0 Å². The maximum Gasteiger partial charge on any atom is 0.143 e. The molecule has 47 heavy (non-hydrogen) atoms. The van der Waals surface area contributed by atoms with Gasteiger partial charge in [-0.2, -0.15) is 0 Å². The van der Waals surface area contributed by atoms with E-state index in [1.54, 1.807) is 0 Å². The van der Waals surface area contributed by atoms with Crippen LogP contribution >= 0.6 is 0 Å². The van der Waals surface area contributed by atoms with Gasteiger partial charge >= 0.3 is 0 Å². The van der Waals surface area contributed by atoms with Crippen molar-refractivity contribution in [2.24, 2.45) is 0 Å². The Bertz CT molecular complexity index is 2390. The summed E-state index contributed by atoms with van der Waals surface area (Å²) in [7, 11) is 0. The van der Waals surface area contributed by atoms with E-state index in [0.717, 1.165) is 67.2 Å². The van der Waals surface area contributed by atoms with E-state index in [1.165, 1.54) is 22.3 Å². The maximum atomic E-state index is 6.37. The summed E-state index contributed by atoms with van der Waals surface area (Å²) in [4.78, 5) is 4.82. The van der Waals surface area contributed by atoms with Gasteiger partial charge in [-0.1, -0.05) is 103 Å². The largest absolute Gasteiger partial charge is 0.455 e. The molecule has 8 aromatic rings. The lowest BCUT2D eigenvalue weighted by molar-refractivity contribution is 0.670. The zero-order valence-corrected chi connectivity index (χ0v) is 26.3. The third-order valence-electron chi connectivity index (χ3n) is 9.28. The Hall–Kier alpha value is -6.06.